The molecule has 16 heavy (non-hydrogen) atoms. The van der Waals surface area contributed by atoms with Gasteiger partial charge in [0.1, 0.15) is 0 Å². The Kier molecular flexibility index (Phi) is 4.09. The molecule has 2 nitrogen and oxygen atoms in total. The molecule has 0 aromatic heterocycles. The molecule has 4 heteroatoms. The van der Waals surface area contributed by atoms with E-state index >= 15 is 0 Å². The lowest BCUT2D eigenvalue weighted by atomic mass is 10.1. The van der Waals surface area contributed by atoms with Gasteiger partial charge < -0.3 is 5.73 Å². The second-order valence-corrected chi connectivity index (χ2v) is 5.14. The molecule has 2 rings (SSSR count). The van der Waals surface area contributed by atoms with Gasteiger partial charge in [-0.05, 0) is 37.6 Å². The maximum absolute atomic E-state index is 6.14. The highest BCUT2D eigenvalue weighted by atomic mass is 35.5. The SMILES string of the molecule is NCC1CCN(Cc2c(Cl)cccc2Cl)C1. The third kappa shape index (κ3) is 2.69. The molecule has 0 amide bonds. The van der Waals surface area contributed by atoms with Gasteiger partial charge in [0, 0.05) is 28.7 Å². The lowest BCUT2D eigenvalue weighted by Gasteiger charge is -2.17. The fourth-order valence-electron chi connectivity index (χ4n) is 2.16. The Morgan fingerprint density at radius 2 is 2.00 bits per heavy atom. The number of rotatable bonds is 3. The Hall–Kier alpha value is -0.280. The summed E-state index contributed by atoms with van der Waals surface area (Å²) in [6.07, 6.45) is 1.18. The molecule has 88 valence electrons. The summed E-state index contributed by atoms with van der Waals surface area (Å²) in [5.41, 5.74) is 6.70. The predicted molar refractivity (Wildman–Crippen MR) is 68.9 cm³/mol. The molecule has 1 aromatic carbocycles. The van der Waals surface area contributed by atoms with Crippen molar-refractivity contribution in [3.8, 4) is 0 Å². The Morgan fingerprint density at radius 3 is 2.56 bits per heavy atom. The van der Waals surface area contributed by atoms with Crippen molar-refractivity contribution in [2.75, 3.05) is 19.6 Å². The number of hydrogen-bond acceptors (Lipinski definition) is 2. The summed E-state index contributed by atoms with van der Waals surface area (Å²) >= 11 is 12.3. The van der Waals surface area contributed by atoms with Gasteiger partial charge in [-0.3, -0.25) is 4.90 Å². The number of benzene rings is 1. The maximum Gasteiger partial charge on any atom is 0.0465 e. The zero-order chi connectivity index (χ0) is 11.5. The highest BCUT2D eigenvalue weighted by Crippen LogP contribution is 2.27. The fourth-order valence-corrected chi connectivity index (χ4v) is 2.67. The van der Waals surface area contributed by atoms with E-state index in [1.54, 1.807) is 0 Å². The number of likely N-dealkylation sites (tertiary alicyclic amines) is 1. The molecular formula is C12H16Cl2N2. The minimum atomic E-state index is 0.626. The van der Waals surface area contributed by atoms with E-state index in [4.69, 9.17) is 28.9 Å². The highest BCUT2D eigenvalue weighted by molar-refractivity contribution is 6.35. The Bertz CT molecular complexity index is 348. The Balaban J connectivity index is 2.04. The normalized spacial score (nSPS) is 21.6. The molecule has 0 aliphatic carbocycles. The Morgan fingerprint density at radius 1 is 1.31 bits per heavy atom. The standard InChI is InChI=1S/C12H16Cl2N2/c13-11-2-1-3-12(14)10(11)8-16-5-4-9(6-15)7-16/h1-3,9H,4-8,15H2. The van der Waals surface area contributed by atoms with E-state index in [-0.39, 0.29) is 0 Å². The van der Waals surface area contributed by atoms with Gasteiger partial charge in [-0.25, -0.2) is 0 Å². The maximum atomic E-state index is 6.14. The van der Waals surface area contributed by atoms with E-state index < -0.39 is 0 Å². The lowest BCUT2D eigenvalue weighted by molar-refractivity contribution is 0.318. The summed E-state index contributed by atoms with van der Waals surface area (Å²) in [4.78, 5) is 2.37. The zero-order valence-corrected chi connectivity index (χ0v) is 10.6. The second-order valence-electron chi connectivity index (χ2n) is 4.33. The van der Waals surface area contributed by atoms with E-state index in [9.17, 15) is 0 Å². The van der Waals surface area contributed by atoms with Crippen molar-refractivity contribution < 1.29 is 0 Å². The molecule has 1 saturated heterocycles. The van der Waals surface area contributed by atoms with Crippen LogP contribution in [0.25, 0.3) is 0 Å². The smallest absolute Gasteiger partial charge is 0.0465 e. The molecule has 0 saturated carbocycles. The van der Waals surface area contributed by atoms with Gasteiger partial charge in [-0.2, -0.15) is 0 Å². The van der Waals surface area contributed by atoms with Gasteiger partial charge >= 0.3 is 0 Å². The zero-order valence-electron chi connectivity index (χ0n) is 9.13. The molecular weight excluding hydrogens is 243 g/mol. The van der Waals surface area contributed by atoms with Crippen LogP contribution in [0, 0.1) is 5.92 Å². The average molecular weight is 259 g/mol. The molecule has 1 aromatic rings. The molecule has 1 aliphatic rings. The van der Waals surface area contributed by atoms with Crippen LogP contribution in [0.1, 0.15) is 12.0 Å². The van der Waals surface area contributed by atoms with E-state index in [1.165, 1.54) is 6.42 Å². The van der Waals surface area contributed by atoms with Gasteiger partial charge in [0.05, 0.1) is 0 Å². The fraction of sp³-hybridized carbons (Fsp3) is 0.500. The van der Waals surface area contributed by atoms with Crippen LogP contribution >= 0.6 is 23.2 Å². The summed E-state index contributed by atoms with van der Waals surface area (Å²) < 4.78 is 0. The molecule has 1 fully saturated rings. The van der Waals surface area contributed by atoms with Gasteiger partial charge in [-0.1, -0.05) is 29.3 Å². The molecule has 0 bridgehead atoms. The van der Waals surface area contributed by atoms with Crippen LogP contribution < -0.4 is 5.73 Å². The lowest BCUT2D eigenvalue weighted by Crippen LogP contribution is -2.23. The van der Waals surface area contributed by atoms with Crippen LogP contribution in [0.3, 0.4) is 0 Å². The molecule has 1 atom stereocenters. The van der Waals surface area contributed by atoms with Crippen molar-refractivity contribution in [2.45, 2.75) is 13.0 Å². The van der Waals surface area contributed by atoms with Crippen molar-refractivity contribution in [3.05, 3.63) is 33.8 Å². The molecule has 1 aliphatic heterocycles. The molecule has 0 radical (unpaired) electrons. The first kappa shape index (κ1) is 12.2. The van der Waals surface area contributed by atoms with Gasteiger partial charge in [0.25, 0.3) is 0 Å². The number of nitrogens with two attached hydrogens (primary N) is 1. The van der Waals surface area contributed by atoms with Crippen LogP contribution in [0.4, 0.5) is 0 Å². The number of hydrogen-bond donors (Lipinski definition) is 1. The molecule has 2 N–H and O–H groups in total. The first-order valence-electron chi connectivity index (χ1n) is 5.56. The number of nitrogens with zero attached hydrogens (tertiary/aromatic N) is 1. The predicted octanol–water partition coefficient (Wildman–Crippen LogP) is 2.77. The van der Waals surface area contributed by atoms with E-state index in [0.717, 1.165) is 41.8 Å². The topological polar surface area (TPSA) is 29.3 Å². The summed E-state index contributed by atoms with van der Waals surface area (Å²) in [6.45, 7) is 3.74. The van der Waals surface area contributed by atoms with Gasteiger partial charge in [-0.15, -0.1) is 0 Å². The largest absolute Gasteiger partial charge is 0.330 e. The minimum Gasteiger partial charge on any atom is -0.330 e. The van der Waals surface area contributed by atoms with E-state index in [0.29, 0.717) is 5.92 Å². The van der Waals surface area contributed by atoms with Gasteiger partial charge in [0.15, 0.2) is 0 Å². The van der Waals surface area contributed by atoms with Crippen molar-refractivity contribution in [3.63, 3.8) is 0 Å². The highest BCUT2D eigenvalue weighted by Gasteiger charge is 2.22. The molecule has 1 unspecified atom stereocenters. The van der Waals surface area contributed by atoms with Crippen molar-refractivity contribution in [1.82, 2.24) is 4.90 Å². The van der Waals surface area contributed by atoms with Crippen molar-refractivity contribution >= 4 is 23.2 Å². The van der Waals surface area contributed by atoms with Gasteiger partial charge in [0.2, 0.25) is 0 Å². The third-order valence-electron chi connectivity index (χ3n) is 3.15. The van der Waals surface area contributed by atoms with Crippen LogP contribution in [0.5, 0.6) is 0 Å². The monoisotopic (exact) mass is 258 g/mol. The quantitative estimate of drug-likeness (QED) is 0.904. The van der Waals surface area contributed by atoms with Crippen LogP contribution in [0.15, 0.2) is 18.2 Å². The van der Waals surface area contributed by atoms with E-state index in [2.05, 4.69) is 4.90 Å². The van der Waals surface area contributed by atoms with Crippen LogP contribution in [-0.2, 0) is 6.54 Å². The van der Waals surface area contributed by atoms with Crippen LogP contribution in [-0.4, -0.2) is 24.5 Å². The third-order valence-corrected chi connectivity index (χ3v) is 3.85. The number of halogens is 2. The van der Waals surface area contributed by atoms with Crippen molar-refractivity contribution in [2.24, 2.45) is 11.7 Å². The molecule has 1 heterocycles. The first-order valence-corrected chi connectivity index (χ1v) is 6.31. The summed E-state index contributed by atoms with van der Waals surface area (Å²) in [5, 5.41) is 1.51. The average Bonchev–Trinajstić information content (AvgIpc) is 2.71. The Labute approximate surface area is 106 Å². The molecule has 0 spiro atoms. The van der Waals surface area contributed by atoms with Crippen molar-refractivity contribution in [1.29, 1.82) is 0 Å². The van der Waals surface area contributed by atoms with Crippen LogP contribution in [0.2, 0.25) is 10.0 Å². The summed E-state index contributed by atoms with van der Waals surface area (Å²) in [5.74, 6) is 0.626. The second kappa shape index (κ2) is 5.37. The first-order chi connectivity index (χ1) is 7.70. The summed E-state index contributed by atoms with van der Waals surface area (Å²) in [6, 6.07) is 5.65. The van der Waals surface area contributed by atoms with E-state index in [1.807, 2.05) is 18.2 Å². The summed E-state index contributed by atoms with van der Waals surface area (Å²) in [7, 11) is 0. The minimum absolute atomic E-state index is 0.626.